The summed E-state index contributed by atoms with van der Waals surface area (Å²) in [5.41, 5.74) is 2.38. The van der Waals surface area contributed by atoms with Crippen LogP contribution in [-0.4, -0.2) is 43.7 Å². The summed E-state index contributed by atoms with van der Waals surface area (Å²) in [5.74, 6) is 0.0484. The molecule has 0 radical (unpaired) electrons. The van der Waals surface area contributed by atoms with E-state index in [-0.39, 0.29) is 23.1 Å². The number of likely N-dealkylation sites (tertiary alicyclic amines) is 1. The first kappa shape index (κ1) is 21.0. The molecule has 2 saturated heterocycles. The number of piperidine rings is 1. The number of ether oxygens (including phenoxy) is 1. The Morgan fingerprint density at radius 3 is 2.37 bits per heavy atom. The normalized spacial score (nSPS) is 20.0. The van der Waals surface area contributed by atoms with Crippen LogP contribution in [-0.2, 0) is 21.5 Å². The van der Waals surface area contributed by atoms with Crippen LogP contribution in [0.4, 0.5) is 4.39 Å². The van der Waals surface area contributed by atoms with Gasteiger partial charge in [0.05, 0.1) is 0 Å². The molecule has 2 aliphatic heterocycles. The molecular formula is C25H31FN2O2. The molecule has 2 fully saturated rings. The Balaban J connectivity index is 1.29. The predicted octanol–water partition coefficient (Wildman–Crippen LogP) is 3.90. The molecule has 1 N–H and O–H groups in total. The summed E-state index contributed by atoms with van der Waals surface area (Å²) in [7, 11) is 0. The first-order valence-corrected chi connectivity index (χ1v) is 11.0. The number of hydrogen-bond donors (Lipinski definition) is 1. The lowest BCUT2D eigenvalue weighted by Crippen LogP contribution is -2.47. The lowest BCUT2D eigenvalue weighted by atomic mass is 9.74. The third kappa shape index (κ3) is 5.08. The van der Waals surface area contributed by atoms with E-state index in [2.05, 4.69) is 34.5 Å². The number of halogens is 1. The SMILES string of the molecule is O=C(NCC1(c2ccccc2)CCOCC1)C1CCN(Cc2ccc(F)cc2)CC1. The molecule has 0 saturated carbocycles. The molecule has 0 bridgehead atoms. The standard InChI is InChI=1S/C25H31FN2O2/c26-23-8-6-20(7-9-23)18-28-14-10-21(11-15-28)24(29)27-19-25(12-16-30-17-13-25)22-4-2-1-3-5-22/h1-9,21H,10-19H2,(H,27,29). The van der Waals surface area contributed by atoms with Gasteiger partial charge in [-0.15, -0.1) is 0 Å². The molecule has 2 aliphatic rings. The molecule has 1 amide bonds. The van der Waals surface area contributed by atoms with Gasteiger partial charge in [0.15, 0.2) is 0 Å². The molecular weight excluding hydrogens is 379 g/mol. The van der Waals surface area contributed by atoms with Crippen LogP contribution in [0.15, 0.2) is 54.6 Å². The molecule has 5 heteroatoms. The van der Waals surface area contributed by atoms with E-state index in [0.717, 1.165) is 64.1 Å². The van der Waals surface area contributed by atoms with Crippen molar-refractivity contribution in [1.29, 1.82) is 0 Å². The van der Waals surface area contributed by atoms with Crippen LogP contribution in [0.3, 0.4) is 0 Å². The van der Waals surface area contributed by atoms with Crippen LogP contribution >= 0.6 is 0 Å². The second-order valence-electron chi connectivity index (χ2n) is 8.65. The van der Waals surface area contributed by atoms with E-state index in [1.165, 1.54) is 17.7 Å². The molecule has 2 aromatic carbocycles. The third-order valence-electron chi connectivity index (χ3n) is 6.71. The summed E-state index contributed by atoms with van der Waals surface area (Å²) < 4.78 is 18.7. The lowest BCUT2D eigenvalue weighted by molar-refractivity contribution is -0.127. The van der Waals surface area contributed by atoms with Gasteiger partial charge in [0.2, 0.25) is 5.91 Å². The second kappa shape index (κ2) is 9.71. The fourth-order valence-electron chi connectivity index (χ4n) is 4.72. The monoisotopic (exact) mass is 410 g/mol. The van der Waals surface area contributed by atoms with E-state index in [4.69, 9.17) is 4.74 Å². The fourth-order valence-corrected chi connectivity index (χ4v) is 4.72. The average molecular weight is 411 g/mol. The van der Waals surface area contributed by atoms with Crippen molar-refractivity contribution in [3.8, 4) is 0 Å². The lowest BCUT2D eigenvalue weighted by Gasteiger charge is -2.38. The summed E-state index contributed by atoms with van der Waals surface area (Å²) in [6.45, 7) is 4.76. The van der Waals surface area contributed by atoms with Crippen molar-refractivity contribution in [3.05, 3.63) is 71.5 Å². The van der Waals surface area contributed by atoms with Crippen LogP contribution in [0.25, 0.3) is 0 Å². The minimum absolute atomic E-state index is 0.0293. The maximum atomic E-state index is 13.1. The van der Waals surface area contributed by atoms with Gasteiger partial charge >= 0.3 is 0 Å². The number of hydrogen-bond acceptors (Lipinski definition) is 3. The minimum atomic E-state index is -0.202. The smallest absolute Gasteiger partial charge is 0.223 e. The van der Waals surface area contributed by atoms with E-state index in [9.17, 15) is 9.18 Å². The highest BCUT2D eigenvalue weighted by atomic mass is 19.1. The molecule has 0 spiro atoms. The molecule has 0 aliphatic carbocycles. The number of carbonyl (C=O) groups is 1. The number of rotatable bonds is 6. The van der Waals surface area contributed by atoms with Crippen LogP contribution in [0.1, 0.15) is 36.8 Å². The molecule has 0 unspecified atom stereocenters. The van der Waals surface area contributed by atoms with Crippen molar-refractivity contribution < 1.29 is 13.9 Å². The van der Waals surface area contributed by atoms with E-state index >= 15 is 0 Å². The van der Waals surface area contributed by atoms with Gasteiger partial charge in [-0.05, 0) is 62.0 Å². The largest absolute Gasteiger partial charge is 0.381 e. The highest BCUT2D eigenvalue weighted by Crippen LogP contribution is 2.34. The quantitative estimate of drug-likeness (QED) is 0.785. The number of benzene rings is 2. The van der Waals surface area contributed by atoms with Gasteiger partial charge < -0.3 is 10.1 Å². The van der Waals surface area contributed by atoms with Crippen LogP contribution < -0.4 is 5.32 Å². The van der Waals surface area contributed by atoms with Gasteiger partial charge in [0, 0.05) is 37.6 Å². The van der Waals surface area contributed by atoms with Gasteiger partial charge in [-0.3, -0.25) is 9.69 Å². The highest BCUT2D eigenvalue weighted by Gasteiger charge is 2.35. The molecule has 160 valence electrons. The van der Waals surface area contributed by atoms with Gasteiger partial charge in [-0.25, -0.2) is 4.39 Å². The summed E-state index contributed by atoms with van der Waals surface area (Å²) in [6.07, 6.45) is 3.61. The van der Waals surface area contributed by atoms with Crippen molar-refractivity contribution in [2.45, 2.75) is 37.6 Å². The van der Waals surface area contributed by atoms with E-state index < -0.39 is 0 Å². The molecule has 30 heavy (non-hydrogen) atoms. The van der Waals surface area contributed by atoms with Crippen molar-refractivity contribution in [2.24, 2.45) is 5.92 Å². The minimum Gasteiger partial charge on any atom is -0.381 e. The summed E-state index contributed by atoms with van der Waals surface area (Å²) >= 11 is 0. The fraction of sp³-hybridized carbons (Fsp3) is 0.480. The van der Waals surface area contributed by atoms with Gasteiger partial charge in [0.1, 0.15) is 5.82 Å². The summed E-state index contributed by atoms with van der Waals surface area (Å²) in [5, 5.41) is 3.28. The van der Waals surface area contributed by atoms with E-state index in [0.29, 0.717) is 6.54 Å². The first-order valence-electron chi connectivity index (χ1n) is 11.0. The molecule has 4 nitrogen and oxygen atoms in total. The third-order valence-corrected chi connectivity index (χ3v) is 6.71. The zero-order valence-corrected chi connectivity index (χ0v) is 17.5. The van der Waals surface area contributed by atoms with E-state index in [1.807, 2.05) is 18.2 Å². The number of amides is 1. The Kier molecular flexibility index (Phi) is 6.80. The van der Waals surface area contributed by atoms with Gasteiger partial charge in [-0.1, -0.05) is 42.5 Å². The number of carbonyl (C=O) groups excluding carboxylic acids is 1. The van der Waals surface area contributed by atoms with Crippen LogP contribution in [0, 0.1) is 11.7 Å². The van der Waals surface area contributed by atoms with Gasteiger partial charge in [0.25, 0.3) is 0 Å². The highest BCUT2D eigenvalue weighted by molar-refractivity contribution is 5.78. The van der Waals surface area contributed by atoms with Crippen molar-refractivity contribution in [1.82, 2.24) is 10.2 Å². The average Bonchev–Trinajstić information content (AvgIpc) is 2.81. The number of nitrogens with one attached hydrogen (secondary N) is 1. The maximum absolute atomic E-state index is 13.1. The number of nitrogens with zero attached hydrogens (tertiary/aromatic N) is 1. The van der Waals surface area contributed by atoms with Crippen LogP contribution in [0.2, 0.25) is 0 Å². The summed E-state index contributed by atoms with van der Waals surface area (Å²) in [4.78, 5) is 15.3. The zero-order valence-electron chi connectivity index (χ0n) is 17.5. The Labute approximate surface area is 178 Å². The second-order valence-corrected chi connectivity index (χ2v) is 8.65. The zero-order chi connectivity index (χ0) is 20.8. The molecule has 2 heterocycles. The van der Waals surface area contributed by atoms with Gasteiger partial charge in [-0.2, -0.15) is 0 Å². The van der Waals surface area contributed by atoms with Crippen LogP contribution in [0.5, 0.6) is 0 Å². The summed E-state index contributed by atoms with van der Waals surface area (Å²) in [6, 6.07) is 17.2. The topological polar surface area (TPSA) is 41.6 Å². The van der Waals surface area contributed by atoms with Crippen molar-refractivity contribution in [3.63, 3.8) is 0 Å². The Bertz CT molecular complexity index is 811. The molecule has 0 aromatic heterocycles. The Morgan fingerprint density at radius 1 is 1.03 bits per heavy atom. The Morgan fingerprint density at radius 2 is 1.70 bits per heavy atom. The Hall–Kier alpha value is -2.24. The van der Waals surface area contributed by atoms with Crippen molar-refractivity contribution >= 4 is 5.91 Å². The first-order chi connectivity index (χ1) is 14.6. The van der Waals surface area contributed by atoms with E-state index in [1.54, 1.807) is 0 Å². The maximum Gasteiger partial charge on any atom is 0.223 e. The molecule has 4 rings (SSSR count). The molecule has 2 aromatic rings. The molecule has 0 atom stereocenters. The van der Waals surface area contributed by atoms with Crippen molar-refractivity contribution in [2.75, 3.05) is 32.8 Å². The predicted molar refractivity (Wildman–Crippen MR) is 116 cm³/mol.